The summed E-state index contributed by atoms with van der Waals surface area (Å²) >= 11 is 0. The summed E-state index contributed by atoms with van der Waals surface area (Å²) in [6.07, 6.45) is 6.05. The number of aryl methyl sites for hydroxylation is 1. The van der Waals surface area contributed by atoms with Gasteiger partial charge >= 0.3 is 0 Å². The van der Waals surface area contributed by atoms with E-state index in [-0.39, 0.29) is 18.3 Å². The van der Waals surface area contributed by atoms with Gasteiger partial charge in [-0.25, -0.2) is 0 Å². The highest BCUT2D eigenvalue weighted by Gasteiger charge is 2.14. The predicted octanol–water partition coefficient (Wildman–Crippen LogP) is 2.95. The van der Waals surface area contributed by atoms with Crippen molar-refractivity contribution in [2.45, 2.75) is 38.5 Å². The van der Waals surface area contributed by atoms with Gasteiger partial charge in [-0.15, -0.1) is 12.4 Å². The fraction of sp³-hybridized carbons (Fsp3) is 0.611. The molecule has 0 bridgehead atoms. The number of halogens is 1. The highest BCUT2D eigenvalue weighted by molar-refractivity contribution is 5.85. The van der Waals surface area contributed by atoms with Crippen molar-refractivity contribution in [3.63, 3.8) is 0 Å². The van der Waals surface area contributed by atoms with E-state index in [1.165, 1.54) is 18.4 Å². The molecule has 1 heterocycles. The number of carbonyl (C=O) groups excluding carboxylic acids is 1. The number of benzene rings is 1. The van der Waals surface area contributed by atoms with Crippen molar-refractivity contribution in [3.8, 4) is 5.75 Å². The van der Waals surface area contributed by atoms with E-state index in [0.29, 0.717) is 6.42 Å². The first-order valence-electron chi connectivity index (χ1n) is 8.38. The van der Waals surface area contributed by atoms with Gasteiger partial charge in [-0.3, -0.25) is 4.79 Å². The summed E-state index contributed by atoms with van der Waals surface area (Å²) in [7, 11) is 1.68. The van der Waals surface area contributed by atoms with Crippen LogP contribution in [0.2, 0.25) is 0 Å². The molecule has 0 aliphatic carbocycles. The Morgan fingerprint density at radius 3 is 2.87 bits per heavy atom. The van der Waals surface area contributed by atoms with E-state index >= 15 is 0 Å². The van der Waals surface area contributed by atoms with Crippen LogP contribution in [-0.2, 0) is 11.2 Å². The van der Waals surface area contributed by atoms with Gasteiger partial charge in [0.15, 0.2) is 0 Å². The fourth-order valence-corrected chi connectivity index (χ4v) is 2.94. The first kappa shape index (κ1) is 19.8. The monoisotopic (exact) mass is 340 g/mol. The molecule has 1 aromatic rings. The minimum atomic E-state index is 0. The van der Waals surface area contributed by atoms with Crippen molar-refractivity contribution >= 4 is 18.3 Å². The minimum Gasteiger partial charge on any atom is -0.497 e. The maximum Gasteiger partial charge on any atom is 0.220 e. The Balaban J connectivity index is 0.00000264. The number of hydrogen-bond donors (Lipinski definition) is 2. The third-order valence-electron chi connectivity index (χ3n) is 4.34. The summed E-state index contributed by atoms with van der Waals surface area (Å²) in [5, 5.41) is 6.39. The van der Waals surface area contributed by atoms with E-state index in [0.717, 1.165) is 50.6 Å². The first-order chi connectivity index (χ1) is 10.8. The van der Waals surface area contributed by atoms with Gasteiger partial charge in [0.25, 0.3) is 0 Å². The lowest BCUT2D eigenvalue weighted by atomic mass is 9.93. The molecule has 0 spiro atoms. The molecule has 0 atom stereocenters. The minimum absolute atomic E-state index is 0. The molecule has 2 N–H and O–H groups in total. The summed E-state index contributed by atoms with van der Waals surface area (Å²) in [4.78, 5) is 11.9. The maximum atomic E-state index is 11.9. The van der Waals surface area contributed by atoms with Gasteiger partial charge in [0.05, 0.1) is 7.11 Å². The van der Waals surface area contributed by atoms with Gasteiger partial charge in [-0.2, -0.15) is 0 Å². The number of nitrogens with one attached hydrogen (secondary N) is 2. The number of rotatable bonds is 8. The molecule has 2 rings (SSSR count). The van der Waals surface area contributed by atoms with Crippen LogP contribution >= 0.6 is 12.4 Å². The molecule has 0 radical (unpaired) electrons. The summed E-state index contributed by atoms with van der Waals surface area (Å²) < 4.78 is 5.21. The van der Waals surface area contributed by atoms with Gasteiger partial charge in [0.1, 0.15) is 5.75 Å². The van der Waals surface area contributed by atoms with Gasteiger partial charge in [0, 0.05) is 13.0 Å². The van der Waals surface area contributed by atoms with Crippen LogP contribution in [0.15, 0.2) is 24.3 Å². The van der Waals surface area contributed by atoms with Crippen molar-refractivity contribution in [1.82, 2.24) is 10.6 Å². The Hall–Kier alpha value is -1.26. The molecule has 1 saturated heterocycles. The van der Waals surface area contributed by atoms with E-state index in [9.17, 15) is 4.79 Å². The lowest BCUT2D eigenvalue weighted by Crippen LogP contribution is -2.29. The molecule has 0 unspecified atom stereocenters. The van der Waals surface area contributed by atoms with Crippen molar-refractivity contribution in [2.75, 3.05) is 26.7 Å². The SMILES string of the molecule is COc1cccc(CCCNC(=O)CCC2CCNCC2)c1.Cl. The van der Waals surface area contributed by atoms with Gasteiger partial charge in [-0.1, -0.05) is 12.1 Å². The Morgan fingerprint density at radius 2 is 2.13 bits per heavy atom. The summed E-state index contributed by atoms with van der Waals surface area (Å²) in [6.45, 7) is 2.96. The number of amides is 1. The molecule has 1 fully saturated rings. The average Bonchev–Trinajstić information content (AvgIpc) is 2.58. The third kappa shape index (κ3) is 7.71. The van der Waals surface area contributed by atoms with E-state index in [1.54, 1.807) is 7.11 Å². The number of hydrogen-bond acceptors (Lipinski definition) is 3. The topological polar surface area (TPSA) is 50.4 Å². The second-order valence-electron chi connectivity index (χ2n) is 6.04. The van der Waals surface area contributed by atoms with Crippen molar-refractivity contribution in [1.29, 1.82) is 0 Å². The smallest absolute Gasteiger partial charge is 0.220 e. The summed E-state index contributed by atoms with van der Waals surface area (Å²) in [6, 6.07) is 8.11. The highest BCUT2D eigenvalue weighted by Crippen LogP contribution is 2.17. The zero-order valence-electron chi connectivity index (χ0n) is 14.0. The van der Waals surface area contributed by atoms with Crippen LogP contribution in [0.4, 0.5) is 0 Å². The fourth-order valence-electron chi connectivity index (χ4n) is 2.94. The molecule has 4 nitrogen and oxygen atoms in total. The van der Waals surface area contributed by atoms with Gasteiger partial charge < -0.3 is 15.4 Å². The molecule has 1 amide bonds. The quantitative estimate of drug-likeness (QED) is 0.715. The molecule has 1 aliphatic rings. The van der Waals surface area contributed by atoms with Gasteiger partial charge in [-0.05, 0) is 68.8 Å². The predicted molar refractivity (Wildman–Crippen MR) is 96.4 cm³/mol. The molecular formula is C18H29ClN2O2. The van der Waals surface area contributed by atoms with Crippen molar-refractivity contribution in [2.24, 2.45) is 5.92 Å². The molecule has 1 aliphatic heterocycles. The summed E-state index contributed by atoms with van der Waals surface area (Å²) in [5.74, 6) is 1.82. The van der Waals surface area contributed by atoms with Crippen LogP contribution in [-0.4, -0.2) is 32.7 Å². The largest absolute Gasteiger partial charge is 0.497 e. The van der Waals surface area contributed by atoms with Gasteiger partial charge in [0.2, 0.25) is 5.91 Å². The Labute approximate surface area is 145 Å². The second kappa shape index (κ2) is 11.3. The molecule has 1 aromatic carbocycles. The average molecular weight is 341 g/mol. The maximum absolute atomic E-state index is 11.9. The number of piperidine rings is 1. The zero-order valence-corrected chi connectivity index (χ0v) is 14.8. The van der Waals surface area contributed by atoms with Crippen LogP contribution in [0, 0.1) is 5.92 Å². The number of ether oxygens (including phenoxy) is 1. The standard InChI is InChI=1S/C18H28N2O2.ClH/c1-22-17-6-2-4-16(14-17)5-3-11-20-18(21)8-7-15-9-12-19-13-10-15;/h2,4,6,14-15,19H,3,5,7-13H2,1H3,(H,20,21);1H. The van der Waals surface area contributed by atoms with E-state index in [4.69, 9.17) is 4.74 Å². The molecule has 130 valence electrons. The number of carbonyl (C=O) groups is 1. The first-order valence-corrected chi connectivity index (χ1v) is 8.38. The second-order valence-corrected chi connectivity index (χ2v) is 6.04. The number of methoxy groups -OCH3 is 1. The molecule has 0 aromatic heterocycles. The molecular weight excluding hydrogens is 312 g/mol. The molecule has 5 heteroatoms. The van der Waals surface area contributed by atoms with Crippen molar-refractivity contribution < 1.29 is 9.53 Å². The third-order valence-corrected chi connectivity index (χ3v) is 4.34. The van der Waals surface area contributed by atoms with E-state index < -0.39 is 0 Å². The van der Waals surface area contributed by atoms with Crippen LogP contribution < -0.4 is 15.4 Å². The molecule has 0 saturated carbocycles. The molecule has 23 heavy (non-hydrogen) atoms. The Kier molecular flexibility index (Phi) is 9.72. The van der Waals surface area contributed by atoms with Crippen LogP contribution in [0.1, 0.15) is 37.7 Å². The highest BCUT2D eigenvalue weighted by atomic mass is 35.5. The van der Waals surface area contributed by atoms with Crippen molar-refractivity contribution in [3.05, 3.63) is 29.8 Å². The van der Waals surface area contributed by atoms with E-state index in [1.807, 2.05) is 12.1 Å². The van der Waals surface area contributed by atoms with Crippen LogP contribution in [0.3, 0.4) is 0 Å². The van der Waals surface area contributed by atoms with Crippen LogP contribution in [0.25, 0.3) is 0 Å². The normalized spacial score (nSPS) is 14.8. The lowest BCUT2D eigenvalue weighted by molar-refractivity contribution is -0.121. The van der Waals surface area contributed by atoms with E-state index in [2.05, 4.69) is 22.8 Å². The Morgan fingerprint density at radius 1 is 1.35 bits per heavy atom. The van der Waals surface area contributed by atoms with Crippen LogP contribution in [0.5, 0.6) is 5.75 Å². The summed E-state index contributed by atoms with van der Waals surface area (Å²) in [5.41, 5.74) is 1.25. The Bertz CT molecular complexity index is 462. The zero-order chi connectivity index (χ0) is 15.6. The lowest BCUT2D eigenvalue weighted by Gasteiger charge is -2.22.